The third kappa shape index (κ3) is 3.83. The standard InChI is InChI=1S/C13H16F4N2/c14-11-5-9(6-12(18)7-11)8-19-3-1-10(2-4-19)13(15,16)17/h5-7,10H,1-4,8,18H2. The molecule has 1 heterocycles. The van der Waals surface area contributed by atoms with Crippen LogP contribution in [0, 0.1) is 11.7 Å². The monoisotopic (exact) mass is 276 g/mol. The highest BCUT2D eigenvalue weighted by Gasteiger charge is 2.40. The van der Waals surface area contributed by atoms with Crippen LogP contribution in [0.5, 0.6) is 0 Å². The van der Waals surface area contributed by atoms with Gasteiger partial charge in [0.05, 0.1) is 5.92 Å². The Labute approximate surface area is 109 Å². The summed E-state index contributed by atoms with van der Waals surface area (Å²) >= 11 is 0. The van der Waals surface area contributed by atoms with Gasteiger partial charge < -0.3 is 5.73 Å². The maximum Gasteiger partial charge on any atom is 0.391 e. The lowest BCUT2D eigenvalue weighted by molar-refractivity contribution is -0.185. The topological polar surface area (TPSA) is 29.3 Å². The van der Waals surface area contributed by atoms with Crippen LogP contribution < -0.4 is 5.73 Å². The molecule has 0 unspecified atom stereocenters. The molecule has 19 heavy (non-hydrogen) atoms. The average molecular weight is 276 g/mol. The number of piperidine rings is 1. The number of halogens is 4. The van der Waals surface area contributed by atoms with E-state index < -0.39 is 17.9 Å². The summed E-state index contributed by atoms with van der Waals surface area (Å²) in [5, 5.41) is 0. The van der Waals surface area contributed by atoms with Gasteiger partial charge in [0.15, 0.2) is 0 Å². The molecular weight excluding hydrogens is 260 g/mol. The molecule has 1 saturated heterocycles. The van der Waals surface area contributed by atoms with Crippen molar-refractivity contribution in [3.05, 3.63) is 29.6 Å². The van der Waals surface area contributed by atoms with Crippen LogP contribution in [0.3, 0.4) is 0 Å². The molecule has 0 aliphatic carbocycles. The zero-order valence-corrected chi connectivity index (χ0v) is 10.4. The van der Waals surface area contributed by atoms with Crippen molar-refractivity contribution in [3.8, 4) is 0 Å². The molecule has 106 valence electrons. The van der Waals surface area contributed by atoms with Gasteiger partial charge in [-0.2, -0.15) is 13.2 Å². The molecule has 1 aromatic carbocycles. The first-order valence-electron chi connectivity index (χ1n) is 6.18. The highest BCUT2D eigenvalue weighted by Crippen LogP contribution is 2.34. The van der Waals surface area contributed by atoms with E-state index in [1.807, 2.05) is 4.90 Å². The van der Waals surface area contributed by atoms with E-state index in [-0.39, 0.29) is 12.8 Å². The maximum absolute atomic E-state index is 13.2. The van der Waals surface area contributed by atoms with Crippen LogP contribution in [0.25, 0.3) is 0 Å². The molecule has 0 spiro atoms. The Kier molecular flexibility index (Phi) is 3.99. The lowest BCUT2D eigenvalue weighted by Gasteiger charge is -2.32. The van der Waals surface area contributed by atoms with Crippen molar-refractivity contribution in [2.75, 3.05) is 18.8 Å². The molecule has 1 aliphatic heterocycles. The van der Waals surface area contributed by atoms with E-state index in [0.29, 0.717) is 30.9 Å². The number of likely N-dealkylation sites (tertiary alicyclic amines) is 1. The summed E-state index contributed by atoms with van der Waals surface area (Å²) in [6.07, 6.45) is -3.89. The summed E-state index contributed by atoms with van der Waals surface area (Å²) < 4.78 is 50.7. The van der Waals surface area contributed by atoms with Gasteiger partial charge in [0.2, 0.25) is 0 Å². The van der Waals surface area contributed by atoms with Gasteiger partial charge in [-0.05, 0) is 49.7 Å². The minimum absolute atomic E-state index is 0.105. The second-order valence-electron chi connectivity index (χ2n) is 4.98. The number of rotatable bonds is 2. The van der Waals surface area contributed by atoms with Crippen molar-refractivity contribution < 1.29 is 17.6 Å². The molecule has 6 heteroatoms. The third-order valence-electron chi connectivity index (χ3n) is 3.44. The molecule has 0 bridgehead atoms. The average Bonchev–Trinajstić information content (AvgIpc) is 2.26. The Bertz CT molecular complexity index is 417. The fourth-order valence-corrected chi connectivity index (χ4v) is 2.44. The summed E-state index contributed by atoms with van der Waals surface area (Å²) in [4.78, 5) is 1.90. The number of nitrogens with two attached hydrogens (primary N) is 1. The minimum atomic E-state index is -4.10. The molecule has 0 aromatic heterocycles. The van der Waals surface area contributed by atoms with Crippen LogP contribution in [0.1, 0.15) is 18.4 Å². The van der Waals surface area contributed by atoms with Crippen LogP contribution in [0.15, 0.2) is 18.2 Å². The second-order valence-corrected chi connectivity index (χ2v) is 4.98. The van der Waals surface area contributed by atoms with Gasteiger partial charge in [-0.15, -0.1) is 0 Å². The van der Waals surface area contributed by atoms with Crippen molar-refractivity contribution >= 4 is 5.69 Å². The highest BCUT2D eigenvalue weighted by molar-refractivity contribution is 5.41. The summed E-state index contributed by atoms with van der Waals surface area (Å²) in [7, 11) is 0. The van der Waals surface area contributed by atoms with Gasteiger partial charge in [-0.1, -0.05) is 0 Å². The summed E-state index contributed by atoms with van der Waals surface area (Å²) in [6, 6.07) is 4.24. The molecule has 0 amide bonds. The number of benzene rings is 1. The Balaban J connectivity index is 1.92. The van der Waals surface area contributed by atoms with Crippen molar-refractivity contribution in [1.29, 1.82) is 0 Å². The van der Waals surface area contributed by atoms with Crippen LogP contribution in [0.2, 0.25) is 0 Å². The number of nitrogen functional groups attached to an aromatic ring is 1. The molecule has 2 rings (SSSR count). The zero-order chi connectivity index (χ0) is 14.0. The quantitative estimate of drug-likeness (QED) is 0.664. The first-order chi connectivity index (χ1) is 8.84. The fraction of sp³-hybridized carbons (Fsp3) is 0.538. The molecule has 1 aliphatic rings. The third-order valence-corrected chi connectivity index (χ3v) is 3.44. The normalized spacial score (nSPS) is 18.7. The summed E-state index contributed by atoms with van der Waals surface area (Å²) in [6.45, 7) is 1.19. The van der Waals surface area contributed by atoms with E-state index in [4.69, 9.17) is 5.73 Å². The van der Waals surface area contributed by atoms with E-state index in [2.05, 4.69) is 0 Å². The first-order valence-corrected chi connectivity index (χ1v) is 6.18. The molecule has 1 aromatic rings. The SMILES string of the molecule is Nc1cc(F)cc(CN2CCC(C(F)(F)F)CC2)c1. The van der Waals surface area contributed by atoms with E-state index in [1.54, 1.807) is 6.07 Å². The Morgan fingerprint density at radius 2 is 1.79 bits per heavy atom. The number of alkyl halides is 3. The van der Waals surface area contributed by atoms with Gasteiger partial charge >= 0.3 is 6.18 Å². The van der Waals surface area contributed by atoms with Gasteiger partial charge in [-0.25, -0.2) is 4.39 Å². The highest BCUT2D eigenvalue weighted by atomic mass is 19.4. The minimum Gasteiger partial charge on any atom is -0.399 e. The smallest absolute Gasteiger partial charge is 0.391 e. The van der Waals surface area contributed by atoms with E-state index in [1.165, 1.54) is 12.1 Å². The first kappa shape index (κ1) is 14.1. The fourth-order valence-electron chi connectivity index (χ4n) is 2.44. The number of anilines is 1. The molecular formula is C13H16F4N2. The number of hydrogen-bond donors (Lipinski definition) is 1. The van der Waals surface area contributed by atoms with Gasteiger partial charge in [0.25, 0.3) is 0 Å². The lowest BCUT2D eigenvalue weighted by atomic mass is 9.96. The van der Waals surface area contributed by atoms with Crippen LogP contribution in [-0.2, 0) is 6.54 Å². The van der Waals surface area contributed by atoms with Crippen molar-refractivity contribution in [3.63, 3.8) is 0 Å². The maximum atomic E-state index is 13.2. The molecule has 0 saturated carbocycles. The molecule has 2 N–H and O–H groups in total. The number of nitrogens with zero attached hydrogens (tertiary/aromatic N) is 1. The van der Waals surface area contributed by atoms with Gasteiger partial charge in [0, 0.05) is 12.2 Å². The zero-order valence-electron chi connectivity index (χ0n) is 10.4. The van der Waals surface area contributed by atoms with E-state index in [0.717, 1.165) is 0 Å². The number of hydrogen-bond acceptors (Lipinski definition) is 2. The summed E-state index contributed by atoms with van der Waals surface area (Å²) in [5.41, 5.74) is 6.57. The largest absolute Gasteiger partial charge is 0.399 e. The van der Waals surface area contributed by atoms with Crippen LogP contribution in [-0.4, -0.2) is 24.2 Å². The van der Waals surface area contributed by atoms with Crippen molar-refractivity contribution in [2.24, 2.45) is 5.92 Å². The molecule has 0 atom stereocenters. The molecule has 0 radical (unpaired) electrons. The summed E-state index contributed by atoms with van der Waals surface area (Å²) in [5.74, 6) is -1.62. The lowest BCUT2D eigenvalue weighted by Crippen LogP contribution is -2.38. The Morgan fingerprint density at radius 3 is 2.32 bits per heavy atom. The molecule has 1 fully saturated rings. The van der Waals surface area contributed by atoms with E-state index >= 15 is 0 Å². The van der Waals surface area contributed by atoms with Crippen molar-refractivity contribution in [2.45, 2.75) is 25.6 Å². The Morgan fingerprint density at radius 1 is 1.16 bits per heavy atom. The van der Waals surface area contributed by atoms with Crippen LogP contribution in [0.4, 0.5) is 23.2 Å². The Hall–Kier alpha value is -1.30. The van der Waals surface area contributed by atoms with Crippen LogP contribution >= 0.6 is 0 Å². The van der Waals surface area contributed by atoms with Crippen molar-refractivity contribution in [1.82, 2.24) is 4.90 Å². The predicted molar refractivity (Wildman–Crippen MR) is 64.9 cm³/mol. The van der Waals surface area contributed by atoms with Gasteiger partial charge in [-0.3, -0.25) is 4.90 Å². The van der Waals surface area contributed by atoms with Gasteiger partial charge in [0.1, 0.15) is 5.82 Å². The predicted octanol–water partition coefficient (Wildman–Crippen LogP) is 3.18. The molecule has 2 nitrogen and oxygen atoms in total. The second kappa shape index (κ2) is 5.36. The van der Waals surface area contributed by atoms with E-state index in [9.17, 15) is 17.6 Å².